The van der Waals surface area contributed by atoms with E-state index in [0.717, 1.165) is 0 Å². The van der Waals surface area contributed by atoms with Crippen molar-refractivity contribution >= 4 is 17.1 Å². The summed E-state index contributed by atoms with van der Waals surface area (Å²) in [5.41, 5.74) is 1.80. The number of rotatable bonds is 5. The van der Waals surface area contributed by atoms with Gasteiger partial charge in [0.2, 0.25) is 5.89 Å². The van der Waals surface area contributed by atoms with Gasteiger partial charge in [0.1, 0.15) is 17.0 Å². The molecule has 0 atom stereocenters. The lowest BCUT2D eigenvalue weighted by molar-refractivity contribution is -0.145. The number of aromatic hydroxyl groups is 1. The predicted molar refractivity (Wildman–Crippen MR) is 83.2 cm³/mol. The van der Waals surface area contributed by atoms with Gasteiger partial charge >= 0.3 is 5.97 Å². The molecule has 0 saturated carbocycles. The number of carbonyl (C=O) groups is 1. The van der Waals surface area contributed by atoms with E-state index in [9.17, 15) is 9.90 Å². The molecule has 0 saturated heterocycles. The Labute approximate surface area is 132 Å². The van der Waals surface area contributed by atoms with Gasteiger partial charge < -0.3 is 19.0 Å². The maximum Gasteiger partial charge on any atom is 0.344 e. The van der Waals surface area contributed by atoms with Crippen molar-refractivity contribution in [2.75, 3.05) is 13.2 Å². The van der Waals surface area contributed by atoms with Crippen LogP contribution in [0.2, 0.25) is 0 Å². The van der Waals surface area contributed by atoms with Crippen LogP contribution < -0.4 is 4.74 Å². The first-order valence-corrected chi connectivity index (χ1v) is 7.14. The Balaban J connectivity index is 1.80. The Morgan fingerprint density at radius 3 is 2.83 bits per heavy atom. The van der Waals surface area contributed by atoms with E-state index in [1.807, 2.05) is 18.2 Å². The summed E-state index contributed by atoms with van der Waals surface area (Å²) >= 11 is 0. The summed E-state index contributed by atoms with van der Waals surface area (Å²) in [5.74, 6) is 0.170. The van der Waals surface area contributed by atoms with Gasteiger partial charge in [-0.25, -0.2) is 9.78 Å². The fourth-order valence-corrected chi connectivity index (χ4v) is 2.11. The zero-order valence-corrected chi connectivity index (χ0v) is 12.5. The van der Waals surface area contributed by atoms with Crippen LogP contribution in [0.15, 0.2) is 46.9 Å². The summed E-state index contributed by atoms with van der Waals surface area (Å²) in [5, 5.41) is 10.1. The van der Waals surface area contributed by atoms with Crippen LogP contribution in [0.25, 0.3) is 22.6 Å². The highest BCUT2D eigenvalue weighted by atomic mass is 16.6. The third-order valence-electron chi connectivity index (χ3n) is 3.16. The Morgan fingerprint density at radius 2 is 2.09 bits per heavy atom. The van der Waals surface area contributed by atoms with Gasteiger partial charge in [-0.15, -0.1) is 0 Å². The van der Waals surface area contributed by atoms with Gasteiger partial charge in [0, 0.05) is 6.07 Å². The van der Waals surface area contributed by atoms with Crippen molar-refractivity contribution in [2.24, 2.45) is 0 Å². The molecule has 118 valence electrons. The first-order valence-electron chi connectivity index (χ1n) is 7.14. The van der Waals surface area contributed by atoms with Crippen molar-refractivity contribution < 1.29 is 23.8 Å². The topological polar surface area (TPSA) is 81.8 Å². The molecule has 0 bridgehead atoms. The van der Waals surface area contributed by atoms with Crippen LogP contribution in [0.3, 0.4) is 0 Å². The lowest BCUT2D eigenvalue weighted by Crippen LogP contribution is -2.14. The predicted octanol–water partition coefficient (Wildman–Crippen LogP) is 3.14. The first kappa shape index (κ1) is 14.9. The molecule has 0 spiro atoms. The molecule has 2 aromatic carbocycles. The molecule has 23 heavy (non-hydrogen) atoms. The molecule has 1 aromatic heterocycles. The molecule has 0 aliphatic carbocycles. The number of para-hydroxylation sites is 2. The Hall–Kier alpha value is -3.02. The van der Waals surface area contributed by atoms with Crippen molar-refractivity contribution in [2.45, 2.75) is 6.92 Å². The van der Waals surface area contributed by atoms with Crippen LogP contribution in [-0.4, -0.2) is 29.3 Å². The minimum atomic E-state index is -0.463. The number of hydrogen-bond donors (Lipinski definition) is 1. The zero-order chi connectivity index (χ0) is 16.2. The van der Waals surface area contributed by atoms with E-state index in [4.69, 9.17) is 13.9 Å². The average Bonchev–Trinajstić information content (AvgIpc) is 2.97. The Kier molecular flexibility index (Phi) is 4.14. The number of fused-ring (bicyclic) bond motifs is 1. The van der Waals surface area contributed by atoms with Gasteiger partial charge in [0.05, 0.1) is 12.2 Å². The molecule has 1 heterocycles. The highest BCUT2D eigenvalue weighted by Crippen LogP contribution is 2.33. The molecule has 0 unspecified atom stereocenters. The third kappa shape index (κ3) is 3.26. The summed E-state index contributed by atoms with van der Waals surface area (Å²) in [4.78, 5) is 15.6. The normalized spacial score (nSPS) is 10.7. The van der Waals surface area contributed by atoms with Crippen molar-refractivity contribution in [3.63, 3.8) is 0 Å². The standard InChI is InChI=1S/C17H15NO5/c1-2-21-16(20)10-22-11-7-8-12(14(19)9-11)17-18-13-5-3-4-6-15(13)23-17/h3-9,19H,2,10H2,1H3. The second kappa shape index (κ2) is 6.39. The molecule has 3 aromatic rings. The summed E-state index contributed by atoms with van der Waals surface area (Å²) in [7, 11) is 0. The highest BCUT2D eigenvalue weighted by molar-refractivity contribution is 5.77. The highest BCUT2D eigenvalue weighted by Gasteiger charge is 2.13. The number of ether oxygens (including phenoxy) is 2. The van der Waals surface area contributed by atoms with E-state index in [-0.39, 0.29) is 12.4 Å². The van der Waals surface area contributed by atoms with Crippen LogP contribution in [0.4, 0.5) is 0 Å². The quantitative estimate of drug-likeness (QED) is 0.729. The number of oxazole rings is 1. The van der Waals surface area contributed by atoms with E-state index < -0.39 is 5.97 Å². The van der Waals surface area contributed by atoms with Gasteiger partial charge in [0.25, 0.3) is 0 Å². The van der Waals surface area contributed by atoms with E-state index >= 15 is 0 Å². The van der Waals surface area contributed by atoms with E-state index in [0.29, 0.717) is 34.9 Å². The second-order valence-corrected chi connectivity index (χ2v) is 4.76. The lowest BCUT2D eigenvalue weighted by Gasteiger charge is -2.07. The second-order valence-electron chi connectivity index (χ2n) is 4.76. The largest absolute Gasteiger partial charge is 0.507 e. The molecule has 6 nitrogen and oxygen atoms in total. The van der Waals surface area contributed by atoms with Gasteiger partial charge in [0.15, 0.2) is 12.2 Å². The fraction of sp³-hybridized carbons (Fsp3) is 0.176. The minimum absolute atomic E-state index is 0.0436. The SMILES string of the molecule is CCOC(=O)COc1ccc(-c2nc3ccccc3o2)c(O)c1. The van der Waals surface area contributed by atoms with Crippen LogP contribution in [0, 0.1) is 0 Å². The van der Waals surface area contributed by atoms with E-state index in [1.165, 1.54) is 6.07 Å². The van der Waals surface area contributed by atoms with E-state index in [2.05, 4.69) is 4.98 Å². The summed E-state index contributed by atoms with van der Waals surface area (Å²) in [6, 6.07) is 12.0. The summed E-state index contributed by atoms with van der Waals surface area (Å²) in [6.45, 7) is 1.80. The van der Waals surface area contributed by atoms with Crippen LogP contribution in [0.1, 0.15) is 6.92 Å². The smallest absolute Gasteiger partial charge is 0.344 e. The molecule has 0 aliphatic heterocycles. The molecule has 0 radical (unpaired) electrons. The van der Waals surface area contributed by atoms with Crippen LogP contribution in [0.5, 0.6) is 11.5 Å². The van der Waals surface area contributed by atoms with Crippen LogP contribution >= 0.6 is 0 Å². The summed E-state index contributed by atoms with van der Waals surface area (Å²) < 4.78 is 15.7. The molecule has 0 fully saturated rings. The molecule has 1 N–H and O–H groups in total. The van der Waals surface area contributed by atoms with Gasteiger partial charge in [-0.1, -0.05) is 12.1 Å². The summed E-state index contributed by atoms with van der Waals surface area (Å²) in [6.07, 6.45) is 0. The maximum atomic E-state index is 11.3. The average molecular weight is 313 g/mol. The maximum absolute atomic E-state index is 11.3. The minimum Gasteiger partial charge on any atom is -0.507 e. The van der Waals surface area contributed by atoms with E-state index in [1.54, 1.807) is 25.1 Å². The molecule has 6 heteroatoms. The number of hydrogen-bond acceptors (Lipinski definition) is 6. The number of esters is 1. The number of phenolic OH excluding ortho intramolecular Hbond substituents is 1. The number of carbonyl (C=O) groups excluding carboxylic acids is 1. The van der Waals surface area contributed by atoms with Crippen molar-refractivity contribution in [3.05, 3.63) is 42.5 Å². The van der Waals surface area contributed by atoms with Gasteiger partial charge in [-0.05, 0) is 31.2 Å². The first-order chi connectivity index (χ1) is 11.2. The molecular weight excluding hydrogens is 298 g/mol. The number of benzene rings is 2. The fourth-order valence-electron chi connectivity index (χ4n) is 2.11. The van der Waals surface area contributed by atoms with Crippen molar-refractivity contribution in [1.29, 1.82) is 0 Å². The van der Waals surface area contributed by atoms with Crippen molar-refractivity contribution in [1.82, 2.24) is 4.98 Å². The van der Waals surface area contributed by atoms with Gasteiger partial charge in [-0.2, -0.15) is 0 Å². The van der Waals surface area contributed by atoms with Crippen LogP contribution in [-0.2, 0) is 9.53 Å². The third-order valence-corrected chi connectivity index (χ3v) is 3.16. The molecule has 3 rings (SSSR count). The lowest BCUT2D eigenvalue weighted by atomic mass is 10.2. The molecule has 0 aliphatic rings. The molecule has 0 amide bonds. The Bertz CT molecular complexity index is 807. The molecular formula is C17H15NO5. The number of aromatic nitrogens is 1. The zero-order valence-electron chi connectivity index (χ0n) is 12.5. The number of phenols is 1. The van der Waals surface area contributed by atoms with Crippen molar-refractivity contribution in [3.8, 4) is 23.0 Å². The monoisotopic (exact) mass is 313 g/mol. The Morgan fingerprint density at radius 1 is 1.26 bits per heavy atom. The number of nitrogens with zero attached hydrogens (tertiary/aromatic N) is 1. The van der Waals surface area contributed by atoms with Gasteiger partial charge in [-0.3, -0.25) is 0 Å².